The lowest BCUT2D eigenvalue weighted by atomic mass is 10.3. The fourth-order valence-corrected chi connectivity index (χ4v) is 2.43. The van der Waals surface area contributed by atoms with Crippen molar-refractivity contribution in [3.8, 4) is 0 Å². The van der Waals surface area contributed by atoms with Crippen LogP contribution in [-0.4, -0.2) is 16.8 Å². The minimum Gasteiger partial charge on any atom is -0.318 e. The highest BCUT2D eigenvalue weighted by atomic mass is 35.5. The highest BCUT2D eigenvalue weighted by molar-refractivity contribution is 7.15. The van der Waals surface area contributed by atoms with Gasteiger partial charge in [0.15, 0.2) is 5.13 Å². The number of carbonyl (C=O) groups is 2. The summed E-state index contributed by atoms with van der Waals surface area (Å²) in [4.78, 5) is 28.5. The van der Waals surface area contributed by atoms with Gasteiger partial charge in [-0.25, -0.2) is 9.37 Å². The molecule has 0 aliphatic carbocycles. The molecule has 8 heteroatoms. The SMILES string of the molecule is Cc1nc(NC(=O)C(=O)Nc2ccc(F)c(Cl)c2)sc1C. The monoisotopic (exact) mass is 327 g/mol. The molecule has 2 amide bonds. The quantitative estimate of drug-likeness (QED) is 0.832. The maximum atomic E-state index is 13.0. The molecule has 0 atom stereocenters. The largest absolute Gasteiger partial charge is 0.318 e. The van der Waals surface area contributed by atoms with E-state index in [1.165, 1.54) is 23.5 Å². The molecule has 1 heterocycles. The number of carbonyl (C=O) groups excluding carboxylic acids is 2. The molecular weight excluding hydrogens is 317 g/mol. The van der Waals surface area contributed by atoms with Crippen LogP contribution in [-0.2, 0) is 9.59 Å². The van der Waals surface area contributed by atoms with Crippen molar-refractivity contribution in [3.05, 3.63) is 39.6 Å². The minimum absolute atomic E-state index is 0.139. The van der Waals surface area contributed by atoms with E-state index in [2.05, 4.69) is 15.6 Å². The molecule has 0 bridgehead atoms. The first-order chi connectivity index (χ1) is 9.86. The Morgan fingerprint density at radius 3 is 2.48 bits per heavy atom. The van der Waals surface area contributed by atoms with Gasteiger partial charge < -0.3 is 5.32 Å². The molecule has 5 nitrogen and oxygen atoms in total. The smallest absolute Gasteiger partial charge is 0.315 e. The van der Waals surface area contributed by atoms with E-state index in [4.69, 9.17) is 11.6 Å². The molecule has 0 spiro atoms. The molecule has 0 saturated heterocycles. The first-order valence-corrected chi connectivity index (χ1v) is 7.07. The van der Waals surface area contributed by atoms with Crippen LogP contribution in [0.1, 0.15) is 10.6 Å². The van der Waals surface area contributed by atoms with Gasteiger partial charge >= 0.3 is 11.8 Å². The number of thiazole rings is 1. The van der Waals surface area contributed by atoms with Crippen LogP contribution in [0.15, 0.2) is 18.2 Å². The van der Waals surface area contributed by atoms with Crippen LogP contribution in [0.25, 0.3) is 0 Å². The first-order valence-electron chi connectivity index (χ1n) is 5.88. The molecule has 0 aliphatic rings. The molecule has 1 aromatic heterocycles. The van der Waals surface area contributed by atoms with Crippen molar-refractivity contribution >= 4 is 45.6 Å². The molecule has 0 unspecified atom stereocenters. The van der Waals surface area contributed by atoms with E-state index in [0.717, 1.165) is 16.6 Å². The molecule has 110 valence electrons. The predicted molar refractivity (Wildman–Crippen MR) is 80.3 cm³/mol. The van der Waals surface area contributed by atoms with Crippen LogP contribution < -0.4 is 10.6 Å². The molecule has 0 saturated carbocycles. The first kappa shape index (κ1) is 15.4. The number of halogens is 2. The van der Waals surface area contributed by atoms with E-state index in [1.54, 1.807) is 0 Å². The summed E-state index contributed by atoms with van der Waals surface area (Å²) in [6, 6.07) is 3.63. The summed E-state index contributed by atoms with van der Waals surface area (Å²) in [6.07, 6.45) is 0. The summed E-state index contributed by atoms with van der Waals surface area (Å²) in [7, 11) is 0. The van der Waals surface area contributed by atoms with Crippen molar-refractivity contribution in [2.24, 2.45) is 0 Å². The number of amides is 2. The number of hydrogen-bond acceptors (Lipinski definition) is 4. The van der Waals surface area contributed by atoms with E-state index in [-0.39, 0.29) is 10.7 Å². The molecule has 0 radical (unpaired) electrons. The Hall–Kier alpha value is -1.99. The standard InChI is InChI=1S/C13H11ClFN3O2S/c1-6-7(2)21-13(16-6)18-12(20)11(19)17-8-3-4-10(15)9(14)5-8/h3-5H,1-2H3,(H,17,19)(H,16,18,20). The number of nitrogens with one attached hydrogen (secondary N) is 2. The van der Waals surface area contributed by atoms with Gasteiger partial charge in [-0.3, -0.25) is 14.9 Å². The third-order valence-electron chi connectivity index (χ3n) is 2.63. The summed E-state index contributed by atoms with van der Waals surface area (Å²) in [5.74, 6) is -2.35. The third kappa shape index (κ3) is 3.77. The van der Waals surface area contributed by atoms with Gasteiger partial charge in [0.05, 0.1) is 10.7 Å². The molecule has 2 N–H and O–H groups in total. The molecule has 0 aliphatic heterocycles. The molecule has 1 aromatic carbocycles. The van der Waals surface area contributed by atoms with Gasteiger partial charge in [-0.2, -0.15) is 0 Å². The van der Waals surface area contributed by atoms with Crippen LogP contribution in [0, 0.1) is 19.7 Å². The molecule has 2 aromatic rings. The highest BCUT2D eigenvalue weighted by Gasteiger charge is 2.16. The zero-order valence-electron chi connectivity index (χ0n) is 11.2. The Morgan fingerprint density at radius 1 is 1.24 bits per heavy atom. The van der Waals surface area contributed by atoms with Gasteiger partial charge in [-0.1, -0.05) is 11.6 Å². The van der Waals surface area contributed by atoms with E-state index in [9.17, 15) is 14.0 Å². The Labute approximate surface area is 129 Å². The molecule has 21 heavy (non-hydrogen) atoms. The number of anilines is 2. The zero-order chi connectivity index (χ0) is 15.6. The van der Waals surface area contributed by atoms with Gasteiger partial charge in [0, 0.05) is 10.6 Å². The summed E-state index contributed by atoms with van der Waals surface area (Å²) in [5, 5.41) is 4.94. The minimum atomic E-state index is -0.886. The van der Waals surface area contributed by atoms with E-state index in [0.29, 0.717) is 5.13 Å². The summed E-state index contributed by atoms with van der Waals surface area (Å²) < 4.78 is 13.0. The van der Waals surface area contributed by atoms with Crippen LogP contribution in [0.4, 0.5) is 15.2 Å². The van der Waals surface area contributed by atoms with Crippen LogP contribution >= 0.6 is 22.9 Å². The Bertz CT molecular complexity index is 698. The number of rotatable bonds is 2. The second-order valence-corrected chi connectivity index (χ2v) is 5.81. The predicted octanol–water partition coefficient (Wildman–Crippen LogP) is 3.13. The Kier molecular flexibility index (Phi) is 4.54. The second kappa shape index (κ2) is 6.19. The van der Waals surface area contributed by atoms with Crippen LogP contribution in [0.5, 0.6) is 0 Å². The molecule has 0 fully saturated rings. The van der Waals surface area contributed by atoms with Gasteiger partial charge in [-0.05, 0) is 32.0 Å². The number of benzene rings is 1. The Morgan fingerprint density at radius 2 is 1.90 bits per heavy atom. The lowest BCUT2D eigenvalue weighted by Crippen LogP contribution is -2.29. The number of hydrogen-bond donors (Lipinski definition) is 2. The fraction of sp³-hybridized carbons (Fsp3) is 0.154. The molecule has 2 rings (SSSR count). The van der Waals surface area contributed by atoms with Crippen molar-refractivity contribution in [1.82, 2.24) is 4.98 Å². The topological polar surface area (TPSA) is 71.1 Å². The normalized spacial score (nSPS) is 10.3. The maximum absolute atomic E-state index is 13.0. The van der Waals surface area contributed by atoms with Crippen molar-refractivity contribution in [3.63, 3.8) is 0 Å². The average molecular weight is 328 g/mol. The third-order valence-corrected chi connectivity index (χ3v) is 3.91. The number of aryl methyl sites for hydroxylation is 2. The summed E-state index contributed by atoms with van der Waals surface area (Å²) >= 11 is 6.87. The average Bonchev–Trinajstić information content (AvgIpc) is 2.72. The van der Waals surface area contributed by atoms with Crippen molar-refractivity contribution in [2.45, 2.75) is 13.8 Å². The van der Waals surface area contributed by atoms with E-state index >= 15 is 0 Å². The lowest BCUT2D eigenvalue weighted by Gasteiger charge is -2.05. The fourth-order valence-electron chi connectivity index (χ4n) is 1.44. The van der Waals surface area contributed by atoms with Gasteiger partial charge in [-0.15, -0.1) is 11.3 Å². The van der Waals surface area contributed by atoms with Gasteiger partial charge in [0.1, 0.15) is 5.82 Å². The molecular formula is C13H11ClFN3O2S. The van der Waals surface area contributed by atoms with Crippen molar-refractivity contribution < 1.29 is 14.0 Å². The van der Waals surface area contributed by atoms with Crippen molar-refractivity contribution in [1.29, 1.82) is 0 Å². The lowest BCUT2D eigenvalue weighted by molar-refractivity contribution is -0.132. The van der Waals surface area contributed by atoms with E-state index in [1.807, 2.05) is 13.8 Å². The summed E-state index contributed by atoms with van der Waals surface area (Å²) in [6.45, 7) is 3.67. The van der Waals surface area contributed by atoms with Crippen LogP contribution in [0.3, 0.4) is 0 Å². The maximum Gasteiger partial charge on any atom is 0.315 e. The zero-order valence-corrected chi connectivity index (χ0v) is 12.7. The summed E-state index contributed by atoms with van der Waals surface area (Å²) in [5.41, 5.74) is 1.02. The van der Waals surface area contributed by atoms with Crippen LogP contribution in [0.2, 0.25) is 5.02 Å². The number of aromatic nitrogens is 1. The highest BCUT2D eigenvalue weighted by Crippen LogP contribution is 2.21. The van der Waals surface area contributed by atoms with Crippen molar-refractivity contribution in [2.75, 3.05) is 10.6 Å². The number of nitrogens with zero attached hydrogens (tertiary/aromatic N) is 1. The Balaban J connectivity index is 2.02. The second-order valence-electron chi connectivity index (χ2n) is 4.20. The van der Waals surface area contributed by atoms with E-state index < -0.39 is 17.6 Å². The van der Waals surface area contributed by atoms with Gasteiger partial charge in [0.2, 0.25) is 0 Å². The van der Waals surface area contributed by atoms with Gasteiger partial charge in [0.25, 0.3) is 0 Å².